The Labute approximate surface area is 148 Å². The highest BCUT2D eigenvalue weighted by atomic mass is 16.5. The van der Waals surface area contributed by atoms with Crippen LogP contribution in [0.3, 0.4) is 0 Å². The van der Waals surface area contributed by atoms with Gasteiger partial charge in [-0.25, -0.2) is 4.79 Å². The van der Waals surface area contributed by atoms with Crippen LogP contribution in [0.15, 0.2) is 36.5 Å². The summed E-state index contributed by atoms with van der Waals surface area (Å²) in [5, 5.41) is 6.88. The number of methoxy groups -OCH3 is 1. The predicted octanol–water partition coefficient (Wildman–Crippen LogP) is 2.88. The molecule has 25 heavy (non-hydrogen) atoms. The number of ether oxygens (including phenoxy) is 1. The second kappa shape index (κ2) is 9.01. The molecular weight excluding hydrogens is 318 g/mol. The first kappa shape index (κ1) is 18.7. The minimum atomic E-state index is -0.614. The fourth-order valence-corrected chi connectivity index (χ4v) is 2.56. The maximum Gasteiger partial charge on any atom is 0.328 e. The van der Waals surface area contributed by atoms with E-state index in [1.165, 1.54) is 7.11 Å². The van der Waals surface area contributed by atoms with Gasteiger partial charge in [-0.15, -0.1) is 0 Å². The molecule has 2 atom stereocenters. The number of nitrogens with one attached hydrogen (secondary N) is 2. The SMILES string of the molecule is CCCCC(NC(=O)[C@H](C)Nc1cnc2ccccc2c1)C(=O)OC. The second-order valence-corrected chi connectivity index (χ2v) is 6.01. The number of anilines is 1. The fourth-order valence-electron chi connectivity index (χ4n) is 2.56. The number of benzene rings is 1. The molecule has 6 heteroatoms. The number of hydrogen-bond donors (Lipinski definition) is 2. The molecule has 2 N–H and O–H groups in total. The van der Waals surface area contributed by atoms with Gasteiger partial charge in [0, 0.05) is 5.39 Å². The molecule has 0 aliphatic rings. The van der Waals surface area contributed by atoms with Gasteiger partial charge in [0.2, 0.25) is 5.91 Å². The average molecular weight is 343 g/mol. The molecule has 0 fully saturated rings. The van der Waals surface area contributed by atoms with E-state index in [0.29, 0.717) is 6.42 Å². The van der Waals surface area contributed by atoms with Gasteiger partial charge in [0.1, 0.15) is 12.1 Å². The molecule has 0 spiro atoms. The third-order valence-electron chi connectivity index (χ3n) is 4.02. The van der Waals surface area contributed by atoms with Crippen LogP contribution in [0.4, 0.5) is 5.69 Å². The number of fused-ring (bicyclic) bond motifs is 1. The first-order chi connectivity index (χ1) is 12.0. The number of nitrogens with zero attached hydrogens (tertiary/aromatic N) is 1. The molecule has 0 saturated heterocycles. The number of pyridine rings is 1. The lowest BCUT2D eigenvalue weighted by Crippen LogP contribution is -2.47. The molecule has 0 aliphatic carbocycles. The van der Waals surface area contributed by atoms with E-state index in [0.717, 1.165) is 29.4 Å². The van der Waals surface area contributed by atoms with Gasteiger partial charge >= 0.3 is 5.97 Å². The average Bonchev–Trinajstić information content (AvgIpc) is 2.64. The minimum absolute atomic E-state index is 0.250. The molecule has 2 aromatic rings. The summed E-state index contributed by atoms with van der Waals surface area (Å²) in [6, 6.07) is 8.61. The number of esters is 1. The van der Waals surface area contributed by atoms with Crippen molar-refractivity contribution in [1.82, 2.24) is 10.3 Å². The van der Waals surface area contributed by atoms with Crippen molar-refractivity contribution in [1.29, 1.82) is 0 Å². The van der Waals surface area contributed by atoms with Gasteiger partial charge in [-0.2, -0.15) is 0 Å². The van der Waals surface area contributed by atoms with Crippen molar-refractivity contribution in [3.05, 3.63) is 36.5 Å². The van der Waals surface area contributed by atoms with Crippen LogP contribution in [0.1, 0.15) is 33.1 Å². The van der Waals surface area contributed by atoms with E-state index in [-0.39, 0.29) is 5.91 Å². The van der Waals surface area contributed by atoms with E-state index in [1.54, 1.807) is 13.1 Å². The summed E-state index contributed by atoms with van der Waals surface area (Å²) in [4.78, 5) is 28.6. The van der Waals surface area contributed by atoms with Crippen molar-refractivity contribution >= 4 is 28.5 Å². The molecule has 0 aliphatic heterocycles. The molecule has 1 unspecified atom stereocenters. The summed E-state index contributed by atoms with van der Waals surface area (Å²) in [7, 11) is 1.33. The van der Waals surface area contributed by atoms with E-state index >= 15 is 0 Å². The van der Waals surface area contributed by atoms with Crippen molar-refractivity contribution in [3.8, 4) is 0 Å². The first-order valence-corrected chi connectivity index (χ1v) is 8.54. The maximum atomic E-state index is 12.4. The number of para-hydroxylation sites is 1. The number of carbonyl (C=O) groups excluding carboxylic acids is 2. The minimum Gasteiger partial charge on any atom is -0.467 e. The summed E-state index contributed by atoms with van der Waals surface area (Å²) < 4.78 is 4.77. The van der Waals surface area contributed by atoms with Crippen LogP contribution in [0.2, 0.25) is 0 Å². The molecule has 1 aromatic carbocycles. The Morgan fingerprint density at radius 2 is 2.04 bits per heavy atom. The van der Waals surface area contributed by atoms with Gasteiger partial charge in [0.15, 0.2) is 0 Å². The number of amides is 1. The predicted molar refractivity (Wildman–Crippen MR) is 98.3 cm³/mol. The van der Waals surface area contributed by atoms with Gasteiger partial charge in [-0.1, -0.05) is 38.0 Å². The lowest BCUT2D eigenvalue weighted by molar-refractivity contribution is -0.145. The Kier molecular flexibility index (Phi) is 6.74. The zero-order valence-electron chi connectivity index (χ0n) is 14.9. The standard InChI is InChI=1S/C19H25N3O3/c1-4-5-9-17(19(24)25-3)22-18(23)13(2)21-15-11-14-8-6-7-10-16(14)20-12-15/h6-8,10-13,17,21H,4-5,9H2,1-3H3,(H,22,23)/t13-,17?/m0/s1. The van der Waals surface area contributed by atoms with E-state index in [1.807, 2.05) is 37.3 Å². The van der Waals surface area contributed by atoms with Crippen LogP contribution in [0.5, 0.6) is 0 Å². The number of unbranched alkanes of at least 4 members (excludes halogenated alkanes) is 1. The van der Waals surface area contributed by atoms with Gasteiger partial charge < -0.3 is 15.4 Å². The number of rotatable bonds is 8. The molecule has 6 nitrogen and oxygen atoms in total. The molecule has 0 saturated carbocycles. The maximum absolute atomic E-state index is 12.4. The lowest BCUT2D eigenvalue weighted by Gasteiger charge is -2.20. The van der Waals surface area contributed by atoms with Crippen LogP contribution < -0.4 is 10.6 Å². The van der Waals surface area contributed by atoms with Crippen molar-refractivity contribution in [3.63, 3.8) is 0 Å². The lowest BCUT2D eigenvalue weighted by atomic mass is 10.1. The van der Waals surface area contributed by atoms with Crippen LogP contribution in [-0.4, -0.2) is 36.1 Å². The highest BCUT2D eigenvalue weighted by Gasteiger charge is 2.23. The van der Waals surface area contributed by atoms with Gasteiger partial charge in [-0.05, 0) is 25.5 Å². The Balaban J connectivity index is 2.00. The monoisotopic (exact) mass is 343 g/mol. The molecule has 2 rings (SSSR count). The molecule has 134 valence electrons. The smallest absolute Gasteiger partial charge is 0.328 e. The normalized spacial score (nSPS) is 13.1. The summed E-state index contributed by atoms with van der Waals surface area (Å²) in [6.45, 7) is 3.78. The summed E-state index contributed by atoms with van der Waals surface area (Å²) >= 11 is 0. The van der Waals surface area contributed by atoms with E-state index in [9.17, 15) is 9.59 Å². The third kappa shape index (κ3) is 5.17. The molecular formula is C19H25N3O3. The summed E-state index contributed by atoms with van der Waals surface area (Å²) in [5.74, 6) is -0.666. The molecule has 1 heterocycles. The van der Waals surface area contributed by atoms with Crippen molar-refractivity contribution in [2.75, 3.05) is 12.4 Å². The van der Waals surface area contributed by atoms with E-state index in [4.69, 9.17) is 4.74 Å². The summed E-state index contributed by atoms with van der Waals surface area (Å²) in [6.07, 6.45) is 4.05. The Morgan fingerprint density at radius 1 is 1.28 bits per heavy atom. The Bertz CT molecular complexity index is 733. The van der Waals surface area contributed by atoms with Crippen LogP contribution in [-0.2, 0) is 14.3 Å². The quantitative estimate of drug-likeness (QED) is 0.721. The number of aromatic nitrogens is 1. The number of carbonyl (C=O) groups is 2. The molecule has 0 bridgehead atoms. The zero-order valence-corrected chi connectivity index (χ0v) is 14.9. The highest BCUT2D eigenvalue weighted by molar-refractivity contribution is 5.89. The molecule has 1 amide bonds. The first-order valence-electron chi connectivity index (χ1n) is 8.54. The Hall–Kier alpha value is -2.63. The second-order valence-electron chi connectivity index (χ2n) is 6.01. The topological polar surface area (TPSA) is 80.3 Å². The van der Waals surface area contributed by atoms with E-state index in [2.05, 4.69) is 15.6 Å². The largest absolute Gasteiger partial charge is 0.467 e. The number of hydrogen-bond acceptors (Lipinski definition) is 5. The Morgan fingerprint density at radius 3 is 2.76 bits per heavy atom. The highest BCUT2D eigenvalue weighted by Crippen LogP contribution is 2.16. The van der Waals surface area contributed by atoms with Gasteiger partial charge in [0.05, 0.1) is 24.5 Å². The fraction of sp³-hybridized carbons (Fsp3) is 0.421. The third-order valence-corrected chi connectivity index (χ3v) is 4.02. The van der Waals surface area contributed by atoms with Crippen molar-refractivity contribution in [2.45, 2.75) is 45.2 Å². The van der Waals surface area contributed by atoms with Crippen LogP contribution in [0.25, 0.3) is 10.9 Å². The van der Waals surface area contributed by atoms with Crippen LogP contribution in [0, 0.1) is 0 Å². The van der Waals surface area contributed by atoms with Gasteiger partial charge in [-0.3, -0.25) is 9.78 Å². The molecule has 1 aromatic heterocycles. The van der Waals surface area contributed by atoms with Crippen molar-refractivity contribution < 1.29 is 14.3 Å². The van der Waals surface area contributed by atoms with E-state index < -0.39 is 18.1 Å². The zero-order chi connectivity index (χ0) is 18.2. The van der Waals surface area contributed by atoms with Crippen LogP contribution >= 0.6 is 0 Å². The summed E-state index contributed by atoms with van der Waals surface area (Å²) in [5.41, 5.74) is 1.65. The molecule has 0 radical (unpaired) electrons. The van der Waals surface area contributed by atoms with Crippen molar-refractivity contribution in [2.24, 2.45) is 0 Å². The van der Waals surface area contributed by atoms with Gasteiger partial charge in [0.25, 0.3) is 0 Å².